The summed E-state index contributed by atoms with van der Waals surface area (Å²) in [6.07, 6.45) is 5.71. The normalized spacial score (nSPS) is 14.0. The van der Waals surface area contributed by atoms with Crippen LogP contribution in [0.3, 0.4) is 0 Å². The number of allylic oxidation sites excluding steroid dienone is 1. The predicted octanol–water partition coefficient (Wildman–Crippen LogP) is 2.64. The number of aliphatic hydroxyl groups excluding tert-OH is 1. The molecule has 0 radical (unpaired) electrons. The Kier molecular flexibility index (Phi) is 6.85. The largest absolute Gasteiger partial charge is 0.390 e. The van der Waals surface area contributed by atoms with Crippen molar-refractivity contribution in [1.82, 2.24) is 0 Å². The molecule has 2 nitrogen and oxygen atoms in total. The molecule has 0 aromatic heterocycles. The van der Waals surface area contributed by atoms with Crippen LogP contribution in [0.1, 0.15) is 52.4 Å². The summed E-state index contributed by atoms with van der Waals surface area (Å²) in [6, 6.07) is 0. The van der Waals surface area contributed by atoms with Crippen LogP contribution in [0.5, 0.6) is 0 Å². The van der Waals surface area contributed by atoms with Crippen molar-refractivity contribution in [1.29, 1.82) is 0 Å². The predicted molar refractivity (Wildman–Crippen MR) is 60.2 cm³/mol. The first kappa shape index (κ1) is 13.7. The molecule has 1 atom stereocenters. The summed E-state index contributed by atoms with van der Waals surface area (Å²) in [5.41, 5.74) is -0.882. The Bertz CT molecular complexity index is 148. The fourth-order valence-electron chi connectivity index (χ4n) is 1.87. The minimum Gasteiger partial charge on any atom is -0.390 e. The van der Waals surface area contributed by atoms with Crippen LogP contribution in [0.4, 0.5) is 0 Å². The summed E-state index contributed by atoms with van der Waals surface area (Å²) >= 11 is 0. The zero-order chi connectivity index (χ0) is 11.0. The van der Waals surface area contributed by atoms with Gasteiger partial charge >= 0.3 is 0 Å². The molecular weight excluding hydrogens is 176 g/mol. The second-order valence-electron chi connectivity index (χ2n) is 3.99. The SMILES string of the molecule is C=CCCC(O)C(O)(CCC)CCC. The van der Waals surface area contributed by atoms with E-state index in [1.54, 1.807) is 6.08 Å². The average Bonchev–Trinajstić information content (AvgIpc) is 2.15. The lowest BCUT2D eigenvalue weighted by Gasteiger charge is -2.32. The topological polar surface area (TPSA) is 40.5 Å². The summed E-state index contributed by atoms with van der Waals surface area (Å²) in [6.45, 7) is 7.67. The standard InChI is InChI=1S/C12H24O2/c1-4-7-8-11(13)12(14,9-5-2)10-6-3/h4,11,13-14H,1,5-10H2,2-3H3. The van der Waals surface area contributed by atoms with E-state index in [2.05, 4.69) is 6.58 Å². The lowest BCUT2D eigenvalue weighted by molar-refractivity contribution is -0.0889. The van der Waals surface area contributed by atoms with Gasteiger partial charge in [-0.2, -0.15) is 0 Å². The molecule has 0 bridgehead atoms. The Morgan fingerprint density at radius 3 is 2.14 bits per heavy atom. The first-order chi connectivity index (χ1) is 6.60. The molecular formula is C12H24O2. The molecule has 0 amide bonds. The first-order valence-electron chi connectivity index (χ1n) is 5.62. The summed E-state index contributed by atoms with van der Waals surface area (Å²) in [5.74, 6) is 0. The van der Waals surface area contributed by atoms with Crippen LogP contribution >= 0.6 is 0 Å². The molecule has 0 spiro atoms. The maximum Gasteiger partial charge on any atom is 0.0905 e. The third-order valence-electron chi connectivity index (χ3n) is 2.63. The van der Waals surface area contributed by atoms with E-state index in [4.69, 9.17) is 0 Å². The van der Waals surface area contributed by atoms with Gasteiger partial charge in [-0.3, -0.25) is 0 Å². The molecule has 2 heteroatoms. The van der Waals surface area contributed by atoms with E-state index in [1.807, 2.05) is 13.8 Å². The number of hydrogen-bond donors (Lipinski definition) is 2. The monoisotopic (exact) mass is 200 g/mol. The van der Waals surface area contributed by atoms with Gasteiger partial charge in [-0.25, -0.2) is 0 Å². The van der Waals surface area contributed by atoms with Gasteiger partial charge in [-0.1, -0.05) is 32.8 Å². The Labute approximate surface area is 87.7 Å². The zero-order valence-electron chi connectivity index (χ0n) is 9.50. The molecule has 0 fully saturated rings. The second-order valence-corrected chi connectivity index (χ2v) is 3.99. The van der Waals surface area contributed by atoms with Crippen molar-refractivity contribution < 1.29 is 10.2 Å². The highest BCUT2D eigenvalue weighted by molar-refractivity contribution is 4.87. The Morgan fingerprint density at radius 2 is 1.79 bits per heavy atom. The number of hydrogen-bond acceptors (Lipinski definition) is 2. The van der Waals surface area contributed by atoms with Gasteiger partial charge in [0, 0.05) is 0 Å². The fraction of sp³-hybridized carbons (Fsp3) is 0.833. The molecule has 0 aliphatic carbocycles. The van der Waals surface area contributed by atoms with Gasteiger partial charge in [0.1, 0.15) is 0 Å². The van der Waals surface area contributed by atoms with Crippen molar-refractivity contribution in [2.45, 2.75) is 64.1 Å². The molecule has 1 unspecified atom stereocenters. The molecule has 0 heterocycles. The van der Waals surface area contributed by atoms with Crippen LogP contribution in [-0.2, 0) is 0 Å². The second kappa shape index (κ2) is 7.02. The van der Waals surface area contributed by atoms with Crippen molar-refractivity contribution in [3.63, 3.8) is 0 Å². The van der Waals surface area contributed by atoms with Crippen LogP contribution in [-0.4, -0.2) is 21.9 Å². The highest BCUT2D eigenvalue weighted by atomic mass is 16.3. The smallest absolute Gasteiger partial charge is 0.0905 e. The van der Waals surface area contributed by atoms with Crippen LogP contribution in [0.25, 0.3) is 0 Å². The molecule has 84 valence electrons. The molecule has 0 saturated carbocycles. The lowest BCUT2D eigenvalue weighted by Crippen LogP contribution is -2.42. The van der Waals surface area contributed by atoms with E-state index in [1.165, 1.54) is 0 Å². The van der Waals surface area contributed by atoms with E-state index in [0.717, 1.165) is 19.3 Å². The minimum atomic E-state index is -0.882. The molecule has 0 rings (SSSR count). The van der Waals surface area contributed by atoms with Crippen LogP contribution < -0.4 is 0 Å². The van der Waals surface area contributed by atoms with E-state index >= 15 is 0 Å². The first-order valence-corrected chi connectivity index (χ1v) is 5.62. The highest BCUT2D eigenvalue weighted by Crippen LogP contribution is 2.26. The maximum atomic E-state index is 10.2. The van der Waals surface area contributed by atoms with Gasteiger partial charge < -0.3 is 10.2 Å². The fourth-order valence-corrected chi connectivity index (χ4v) is 1.87. The van der Waals surface area contributed by atoms with Gasteiger partial charge in [0.05, 0.1) is 11.7 Å². The molecule has 14 heavy (non-hydrogen) atoms. The number of aliphatic hydroxyl groups is 2. The maximum absolute atomic E-state index is 10.2. The molecule has 2 N–H and O–H groups in total. The quantitative estimate of drug-likeness (QED) is 0.591. The van der Waals surface area contributed by atoms with Gasteiger partial charge in [-0.15, -0.1) is 6.58 Å². The molecule has 0 aliphatic heterocycles. The van der Waals surface area contributed by atoms with Crippen molar-refractivity contribution in [2.24, 2.45) is 0 Å². The lowest BCUT2D eigenvalue weighted by atomic mass is 9.85. The zero-order valence-corrected chi connectivity index (χ0v) is 9.50. The van der Waals surface area contributed by atoms with Gasteiger partial charge in [-0.05, 0) is 25.7 Å². The molecule has 0 aliphatic rings. The van der Waals surface area contributed by atoms with Crippen molar-refractivity contribution in [3.05, 3.63) is 12.7 Å². The Hall–Kier alpha value is -0.340. The van der Waals surface area contributed by atoms with Crippen molar-refractivity contribution in [3.8, 4) is 0 Å². The average molecular weight is 200 g/mol. The van der Waals surface area contributed by atoms with Gasteiger partial charge in [0.15, 0.2) is 0 Å². The summed E-state index contributed by atoms with van der Waals surface area (Å²) < 4.78 is 0. The Morgan fingerprint density at radius 1 is 1.29 bits per heavy atom. The van der Waals surface area contributed by atoms with E-state index in [9.17, 15) is 10.2 Å². The summed E-state index contributed by atoms with van der Waals surface area (Å²) in [5, 5.41) is 20.1. The molecule has 0 aromatic rings. The third kappa shape index (κ3) is 4.25. The van der Waals surface area contributed by atoms with E-state index < -0.39 is 11.7 Å². The van der Waals surface area contributed by atoms with Gasteiger partial charge in [0.2, 0.25) is 0 Å². The van der Waals surface area contributed by atoms with Crippen LogP contribution in [0.15, 0.2) is 12.7 Å². The van der Waals surface area contributed by atoms with Gasteiger partial charge in [0.25, 0.3) is 0 Å². The van der Waals surface area contributed by atoms with Crippen LogP contribution in [0.2, 0.25) is 0 Å². The minimum absolute atomic E-state index is 0.611. The van der Waals surface area contributed by atoms with E-state index in [0.29, 0.717) is 19.3 Å². The van der Waals surface area contributed by atoms with E-state index in [-0.39, 0.29) is 0 Å². The number of rotatable bonds is 8. The van der Waals surface area contributed by atoms with Crippen LogP contribution in [0, 0.1) is 0 Å². The van der Waals surface area contributed by atoms with Crippen molar-refractivity contribution >= 4 is 0 Å². The summed E-state index contributed by atoms with van der Waals surface area (Å²) in [7, 11) is 0. The summed E-state index contributed by atoms with van der Waals surface area (Å²) in [4.78, 5) is 0. The third-order valence-corrected chi connectivity index (χ3v) is 2.63. The van der Waals surface area contributed by atoms with Crippen molar-refractivity contribution in [2.75, 3.05) is 0 Å². The Balaban J connectivity index is 4.21. The highest BCUT2D eigenvalue weighted by Gasteiger charge is 2.32. The molecule has 0 saturated heterocycles. The molecule has 0 aromatic carbocycles.